The summed E-state index contributed by atoms with van der Waals surface area (Å²) in [7, 11) is -2.41. The summed E-state index contributed by atoms with van der Waals surface area (Å²) < 4.78 is 37.9. The van der Waals surface area contributed by atoms with Gasteiger partial charge in [0.2, 0.25) is 5.95 Å². The van der Waals surface area contributed by atoms with Crippen LogP contribution in [0.15, 0.2) is 71.4 Å². The van der Waals surface area contributed by atoms with Gasteiger partial charge in [0.15, 0.2) is 11.5 Å². The number of carbonyl (C=O) groups excluding carboxylic acids is 1. The van der Waals surface area contributed by atoms with E-state index in [-0.39, 0.29) is 16.4 Å². The van der Waals surface area contributed by atoms with E-state index in [1.54, 1.807) is 24.3 Å². The summed E-state index contributed by atoms with van der Waals surface area (Å²) in [6, 6.07) is 13.9. The molecule has 0 bridgehead atoms. The second kappa shape index (κ2) is 10.9. The summed E-state index contributed by atoms with van der Waals surface area (Å²) in [5, 5.41) is 12.0. The minimum atomic E-state index is -3.91. The highest BCUT2D eigenvalue weighted by Gasteiger charge is 2.16. The Morgan fingerprint density at radius 1 is 1.12 bits per heavy atom. The Balaban J connectivity index is 1.73. The number of benzene rings is 2. The molecular weight excluding hydrogens is 458 g/mol. The maximum atomic E-state index is 12.6. The predicted octanol–water partition coefficient (Wildman–Crippen LogP) is 3.23. The zero-order valence-electron chi connectivity index (χ0n) is 18.3. The monoisotopic (exact) mass is 479 g/mol. The number of aromatic nitrogens is 2. The number of hydrogen-bond acceptors (Lipinski definition) is 8. The molecule has 2 aromatic carbocycles. The van der Waals surface area contributed by atoms with Crippen LogP contribution in [0.5, 0.6) is 11.5 Å². The van der Waals surface area contributed by atoms with Crippen LogP contribution in [0.4, 0.5) is 11.6 Å². The molecule has 0 unspecified atom stereocenters. The van der Waals surface area contributed by atoms with Crippen LogP contribution < -0.4 is 19.5 Å². The average molecular weight is 480 g/mol. The van der Waals surface area contributed by atoms with Gasteiger partial charge in [0.05, 0.1) is 18.6 Å². The lowest BCUT2D eigenvalue weighted by molar-refractivity contribution is -0.112. The summed E-state index contributed by atoms with van der Waals surface area (Å²) in [5.74, 6) is 0.310. The lowest BCUT2D eigenvalue weighted by atomic mass is 10.1. The smallest absolute Gasteiger partial charge is 0.266 e. The lowest BCUT2D eigenvalue weighted by Crippen LogP contribution is -2.16. The molecule has 0 saturated heterocycles. The standard InChI is InChI=1S/C23H21N5O5S/c1-3-33-20-10-5-16(14-21(20)32-2)13-17(15-24)22(29)27-18-6-8-19(9-7-18)34(30,31)28-23-25-11-4-12-26-23/h4-14H,3H2,1-2H3,(H,27,29)(H,25,26,28)/b17-13+. The SMILES string of the molecule is CCOc1ccc(/C=C(\C#N)C(=O)Nc2ccc(S(=O)(=O)Nc3ncccn3)cc2)cc1OC. The molecule has 1 heterocycles. The van der Waals surface area contributed by atoms with Crippen LogP contribution in [0, 0.1) is 11.3 Å². The number of amides is 1. The minimum absolute atomic E-state index is 0.0458. The third kappa shape index (κ3) is 6.08. The van der Waals surface area contributed by atoms with Gasteiger partial charge >= 0.3 is 0 Å². The predicted molar refractivity (Wildman–Crippen MR) is 126 cm³/mol. The second-order valence-electron chi connectivity index (χ2n) is 6.67. The quantitative estimate of drug-likeness (QED) is 0.352. The highest BCUT2D eigenvalue weighted by molar-refractivity contribution is 7.92. The molecule has 0 aliphatic carbocycles. The van der Waals surface area contributed by atoms with Crippen LogP contribution in [-0.4, -0.2) is 38.0 Å². The number of nitriles is 1. The Labute approximate surface area is 196 Å². The van der Waals surface area contributed by atoms with Crippen molar-refractivity contribution in [2.45, 2.75) is 11.8 Å². The Kier molecular flexibility index (Phi) is 7.79. The third-order valence-corrected chi connectivity index (χ3v) is 5.72. The number of anilines is 2. The second-order valence-corrected chi connectivity index (χ2v) is 8.35. The maximum Gasteiger partial charge on any atom is 0.266 e. The molecule has 3 rings (SSSR count). The van der Waals surface area contributed by atoms with Crippen molar-refractivity contribution in [3.8, 4) is 17.6 Å². The molecule has 10 nitrogen and oxygen atoms in total. The molecule has 1 amide bonds. The van der Waals surface area contributed by atoms with Gasteiger partial charge in [0, 0.05) is 18.1 Å². The van der Waals surface area contributed by atoms with Crippen LogP contribution in [-0.2, 0) is 14.8 Å². The Bertz CT molecular complexity index is 1330. The molecule has 0 spiro atoms. The fourth-order valence-corrected chi connectivity index (χ4v) is 3.77. The number of methoxy groups -OCH3 is 1. The molecular formula is C23H21N5O5S. The van der Waals surface area contributed by atoms with E-state index in [9.17, 15) is 18.5 Å². The maximum absolute atomic E-state index is 12.6. The molecule has 3 aromatic rings. The number of ether oxygens (including phenoxy) is 2. The van der Waals surface area contributed by atoms with Crippen molar-refractivity contribution in [1.82, 2.24) is 9.97 Å². The fourth-order valence-electron chi connectivity index (χ4n) is 2.81. The Morgan fingerprint density at radius 2 is 1.82 bits per heavy atom. The molecule has 0 radical (unpaired) electrons. The largest absolute Gasteiger partial charge is 0.493 e. The van der Waals surface area contributed by atoms with Gasteiger partial charge in [-0.05, 0) is 61.0 Å². The summed E-state index contributed by atoms with van der Waals surface area (Å²) in [4.78, 5) is 20.2. The van der Waals surface area contributed by atoms with Crippen molar-refractivity contribution in [3.05, 3.63) is 72.1 Å². The van der Waals surface area contributed by atoms with Crippen LogP contribution in [0.3, 0.4) is 0 Å². The lowest BCUT2D eigenvalue weighted by Gasteiger charge is -2.10. The van der Waals surface area contributed by atoms with Gasteiger partial charge in [-0.25, -0.2) is 23.1 Å². The normalized spacial score (nSPS) is 11.3. The zero-order valence-corrected chi connectivity index (χ0v) is 19.2. The minimum Gasteiger partial charge on any atom is -0.493 e. The van der Waals surface area contributed by atoms with Gasteiger partial charge in [-0.3, -0.25) is 4.79 Å². The van der Waals surface area contributed by atoms with Crippen molar-refractivity contribution >= 4 is 33.6 Å². The van der Waals surface area contributed by atoms with Crippen molar-refractivity contribution in [3.63, 3.8) is 0 Å². The van der Waals surface area contributed by atoms with E-state index in [2.05, 4.69) is 20.0 Å². The highest BCUT2D eigenvalue weighted by atomic mass is 32.2. The van der Waals surface area contributed by atoms with E-state index >= 15 is 0 Å². The van der Waals surface area contributed by atoms with Gasteiger partial charge < -0.3 is 14.8 Å². The van der Waals surface area contributed by atoms with Crippen LogP contribution in [0.25, 0.3) is 6.08 Å². The Morgan fingerprint density at radius 3 is 2.44 bits per heavy atom. The number of nitrogens with zero attached hydrogens (tertiary/aromatic N) is 3. The molecule has 11 heteroatoms. The van der Waals surface area contributed by atoms with E-state index in [4.69, 9.17) is 9.47 Å². The van der Waals surface area contributed by atoms with Crippen molar-refractivity contribution in [2.24, 2.45) is 0 Å². The first-order chi connectivity index (χ1) is 16.4. The van der Waals surface area contributed by atoms with Gasteiger partial charge in [0.1, 0.15) is 11.6 Å². The van der Waals surface area contributed by atoms with Gasteiger partial charge in [-0.2, -0.15) is 5.26 Å². The van der Waals surface area contributed by atoms with Crippen LogP contribution >= 0.6 is 0 Å². The van der Waals surface area contributed by atoms with Gasteiger partial charge in [-0.15, -0.1) is 0 Å². The zero-order chi connectivity index (χ0) is 24.6. The van der Waals surface area contributed by atoms with Crippen LogP contribution in [0.1, 0.15) is 12.5 Å². The first-order valence-corrected chi connectivity index (χ1v) is 11.5. The fraction of sp³-hybridized carbons (Fsp3) is 0.130. The molecule has 34 heavy (non-hydrogen) atoms. The molecule has 0 aliphatic heterocycles. The summed E-state index contributed by atoms with van der Waals surface area (Å²) >= 11 is 0. The Hall–Kier alpha value is -4.43. The number of carbonyl (C=O) groups is 1. The summed E-state index contributed by atoms with van der Waals surface area (Å²) in [6.45, 7) is 2.31. The number of rotatable bonds is 9. The van der Waals surface area contributed by atoms with E-state index < -0.39 is 15.9 Å². The molecule has 2 N–H and O–H groups in total. The van der Waals surface area contributed by atoms with Crippen molar-refractivity contribution in [2.75, 3.05) is 23.8 Å². The van der Waals surface area contributed by atoms with Crippen molar-refractivity contribution < 1.29 is 22.7 Å². The van der Waals surface area contributed by atoms with E-state index in [0.717, 1.165) is 0 Å². The van der Waals surface area contributed by atoms with Gasteiger partial charge in [-0.1, -0.05) is 6.07 Å². The summed E-state index contributed by atoms with van der Waals surface area (Å²) in [5.41, 5.74) is 0.735. The first-order valence-electron chi connectivity index (χ1n) is 10.00. The third-order valence-electron chi connectivity index (χ3n) is 4.38. The number of sulfonamides is 1. The van der Waals surface area contributed by atoms with Crippen LogP contribution in [0.2, 0.25) is 0 Å². The number of nitrogens with one attached hydrogen (secondary N) is 2. The highest BCUT2D eigenvalue weighted by Crippen LogP contribution is 2.29. The topological polar surface area (TPSA) is 143 Å². The van der Waals surface area contributed by atoms with Crippen molar-refractivity contribution in [1.29, 1.82) is 5.26 Å². The number of hydrogen-bond donors (Lipinski definition) is 2. The van der Waals surface area contributed by atoms with E-state index in [1.165, 1.54) is 49.8 Å². The average Bonchev–Trinajstić information content (AvgIpc) is 2.84. The molecule has 0 atom stereocenters. The molecule has 0 saturated carbocycles. The molecule has 174 valence electrons. The molecule has 0 aliphatic rings. The molecule has 1 aromatic heterocycles. The summed E-state index contributed by atoms with van der Waals surface area (Å²) in [6.07, 6.45) is 4.23. The van der Waals surface area contributed by atoms with E-state index in [0.29, 0.717) is 29.4 Å². The molecule has 0 fully saturated rings. The van der Waals surface area contributed by atoms with E-state index in [1.807, 2.05) is 13.0 Å². The first kappa shape index (κ1) is 24.2. The van der Waals surface area contributed by atoms with Gasteiger partial charge in [0.25, 0.3) is 15.9 Å².